The Bertz CT molecular complexity index is 305. The van der Waals surface area contributed by atoms with Gasteiger partial charge in [0.05, 0.1) is 11.8 Å². The van der Waals surface area contributed by atoms with Gasteiger partial charge >= 0.3 is 0 Å². The van der Waals surface area contributed by atoms with Gasteiger partial charge in [0.1, 0.15) is 4.60 Å². The number of aromatic nitrogens is 1. The summed E-state index contributed by atoms with van der Waals surface area (Å²) >= 11 is 3.39. The lowest BCUT2D eigenvalue weighted by molar-refractivity contribution is 0.198. The Hall–Kier alpha value is -0.610. The Morgan fingerprint density at radius 2 is 2.46 bits per heavy atom. The number of halogens is 1. The van der Waals surface area contributed by atoms with Crippen LogP contribution in [0, 0.1) is 0 Å². The summed E-state index contributed by atoms with van der Waals surface area (Å²) in [6.45, 7) is 1.62. The van der Waals surface area contributed by atoms with Crippen LogP contribution < -0.4 is 4.90 Å². The van der Waals surface area contributed by atoms with Crippen molar-refractivity contribution in [3.8, 4) is 0 Å². The Balaban J connectivity index is 2.21. The van der Waals surface area contributed by atoms with Gasteiger partial charge in [-0.15, -0.1) is 0 Å². The number of β-amino-alcohol motifs (C(OH)–C–C–N with tert-alkyl or cyclic N) is 1. The molecule has 0 radical (unpaired) electrons. The molecule has 3 nitrogen and oxygen atoms in total. The molecule has 1 saturated heterocycles. The minimum absolute atomic E-state index is 0.188. The smallest absolute Gasteiger partial charge is 0.129 e. The summed E-state index contributed by atoms with van der Waals surface area (Å²) in [4.78, 5) is 6.28. The van der Waals surface area contributed by atoms with Crippen molar-refractivity contribution < 1.29 is 5.11 Å². The molecular weight excluding hydrogens is 232 g/mol. The number of aliphatic hydroxyl groups excluding tert-OH is 1. The third kappa shape index (κ3) is 1.84. The van der Waals surface area contributed by atoms with Crippen molar-refractivity contribution in [2.24, 2.45) is 0 Å². The van der Waals surface area contributed by atoms with Crippen LogP contribution in [0.1, 0.15) is 6.42 Å². The SMILES string of the molecule is OC1CCN(c2cccnc2Br)C1. The van der Waals surface area contributed by atoms with E-state index in [1.807, 2.05) is 12.1 Å². The van der Waals surface area contributed by atoms with Gasteiger partial charge in [0, 0.05) is 19.3 Å². The van der Waals surface area contributed by atoms with Gasteiger partial charge in [-0.1, -0.05) is 0 Å². The van der Waals surface area contributed by atoms with Crippen molar-refractivity contribution in [1.82, 2.24) is 4.98 Å². The number of hydrogen-bond donors (Lipinski definition) is 1. The van der Waals surface area contributed by atoms with Gasteiger partial charge in [-0.05, 0) is 34.5 Å². The normalized spacial score (nSPS) is 22.3. The quantitative estimate of drug-likeness (QED) is 0.757. The van der Waals surface area contributed by atoms with Crippen LogP contribution in [0.5, 0.6) is 0 Å². The largest absolute Gasteiger partial charge is 0.391 e. The van der Waals surface area contributed by atoms with E-state index in [9.17, 15) is 5.11 Å². The minimum Gasteiger partial charge on any atom is -0.391 e. The molecule has 70 valence electrons. The van der Waals surface area contributed by atoms with Gasteiger partial charge in [0.2, 0.25) is 0 Å². The van der Waals surface area contributed by atoms with Crippen LogP contribution in [-0.4, -0.2) is 29.3 Å². The molecule has 1 aliphatic rings. The summed E-state index contributed by atoms with van der Waals surface area (Å²) in [7, 11) is 0. The number of hydrogen-bond acceptors (Lipinski definition) is 3. The zero-order valence-corrected chi connectivity index (χ0v) is 8.74. The van der Waals surface area contributed by atoms with Gasteiger partial charge in [0.15, 0.2) is 0 Å². The molecule has 1 unspecified atom stereocenters. The summed E-state index contributed by atoms with van der Waals surface area (Å²) < 4.78 is 0.851. The lowest BCUT2D eigenvalue weighted by atomic mass is 10.3. The first kappa shape index (κ1) is 8.97. The van der Waals surface area contributed by atoms with Gasteiger partial charge < -0.3 is 10.0 Å². The van der Waals surface area contributed by atoms with E-state index in [-0.39, 0.29) is 6.10 Å². The Morgan fingerprint density at radius 1 is 1.62 bits per heavy atom. The zero-order chi connectivity index (χ0) is 9.26. The monoisotopic (exact) mass is 242 g/mol. The van der Waals surface area contributed by atoms with E-state index in [2.05, 4.69) is 25.8 Å². The average Bonchev–Trinajstić information content (AvgIpc) is 2.53. The Kier molecular flexibility index (Phi) is 2.51. The highest BCUT2D eigenvalue weighted by atomic mass is 79.9. The fourth-order valence-electron chi connectivity index (χ4n) is 1.57. The highest BCUT2D eigenvalue weighted by molar-refractivity contribution is 9.10. The molecule has 2 rings (SSSR count). The molecule has 1 aromatic rings. The van der Waals surface area contributed by atoms with Crippen LogP contribution in [0.4, 0.5) is 5.69 Å². The van der Waals surface area contributed by atoms with E-state index in [0.29, 0.717) is 6.54 Å². The van der Waals surface area contributed by atoms with Crippen molar-refractivity contribution in [3.05, 3.63) is 22.9 Å². The summed E-state index contributed by atoms with van der Waals surface area (Å²) in [6.07, 6.45) is 2.41. The topological polar surface area (TPSA) is 36.4 Å². The molecule has 0 bridgehead atoms. The lowest BCUT2D eigenvalue weighted by Gasteiger charge is -2.18. The highest BCUT2D eigenvalue weighted by Crippen LogP contribution is 2.26. The zero-order valence-electron chi connectivity index (χ0n) is 7.15. The van der Waals surface area contributed by atoms with Crippen LogP contribution >= 0.6 is 15.9 Å². The van der Waals surface area contributed by atoms with E-state index in [4.69, 9.17) is 0 Å². The fourth-order valence-corrected chi connectivity index (χ4v) is 2.08. The molecule has 1 N–H and O–H groups in total. The predicted octanol–water partition coefficient (Wildman–Crippen LogP) is 1.42. The van der Waals surface area contributed by atoms with Crippen LogP contribution in [0.3, 0.4) is 0 Å². The van der Waals surface area contributed by atoms with Gasteiger partial charge in [-0.25, -0.2) is 4.98 Å². The van der Waals surface area contributed by atoms with Crippen molar-refractivity contribution in [1.29, 1.82) is 0 Å². The van der Waals surface area contributed by atoms with Crippen LogP contribution in [0.25, 0.3) is 0 Å². The first-order valence-corrected chi connectivity index (χ1v) is 5.10. The molecule has 4 heteroatoms. The summed E-state index contributed by atoms with van der Waals surface area (Å²) in [5.74, 6) is 0. The molecule has 0 amide bonds. The van der Waals surface area contributed by atoms with E-state index in [1.54, 1.807) is 6.20 Å². The maximum Gasteiger partial charge on any atom is 0.129 e. The molecule has 1 aromatic heterocycles. The molecule has 13 heavy (non-hydrogen) atoms. The van der Waals surface area contributed by atoms with E-state index >= 15 is 0 Å². The molecule has 1 fully saturated rings. The number of pyridine rings is 1. The van der Waals surface area contributed by atoms with Gasteiger partial charge in [0.25, 0.3) is 0 Å². The number of aliphatic hydroxyl groups is 1. The predicted molar refractivity (Wildman–Crippen MR) is 54.8 cm³/mol. The molecule has 1 atom stereocenters. The average molecular weight is 243 g/mol. The maximum absolute atomic E-state index is 9.37. The molecular formula is C9H11BrN2O. The summed E-state index contributed by atoms with van der Waals surface area (Å²) in [5.41, 5.74) is 1.07. The highest BCUT2D eigenvalue weighted by Gasteiger charge is 2.21. The van der Waals surface area contributed by atoms with Gasteiger partial charge in [-0.2, -0.15) is 0 Å². The molecule has 0 aliphatic carbocycles. The molecule has 0 aromatic carbocycles. The maximum atomic E-state index is 9.37. The van der Waals surface area contributed by atoms with E-state index < -0.39 is 0 Å². The summed E-state index contributed by atoms with van der Waals surface area (Å²) in [6, 6.07) is 3.92. The third-order valence-corrected chi connectivity index (χ3v) is 2.85. The van der Waals surface area contributed by atoms with Crippen molar-refractivity contribution in [3.63, 3.8) is 0 Å². The third-order valence-electron chi connectivity index (χ3n) is 2.24. The second-order valence-electron chi connectivity index (χ2n) is 3.20. The molecule has 0 saturated carbocycles. The Labute approximate surface area is 85.5 Å². The minimum atomic E-state index is -0.188. The van der Waals surface area contributed by atoms with Gasteiger partial charge in [-0.3, -0.25) is 0 Å². The molecule has 2 heterocycles. The van der Waals surface area contributed by atoms with Crippen LogP contribution in [0.2, 0.25) is 0 Å². The second-order valence-corrected chi connectivity index (χ2v) is 3.95. The van der Waals surface area contributed by atoms with Crippen LogP contribution in [0.15, 0.2) is 22.9 Å². The van der Waals surface area contributed by atoms with Crippen molar-refractivity contribution in [2.45, 2.75) is 12.5 Å². The number of rotatable bonds is 1. The first-order valence-electron chi connectivity index (χ1n) is 4.31. The van der Waals surface area contributed by atoms with E-state index in [0.717, 1.165) is 23.3 Å². The van der Waals surface area contributed by atoms with Crippen molar-refractivity contribution in [2.75, 3.05) is 18.0 Å². The second kappa shape index (κ2) is 3.64. The van der Waals surface area contributed by atoms with E-state index in [1.165, 1.54) is 0 Å². The fraction of sp³-hybridized carbons (Fsp3) is 0.444. The van der Waals surface area contributed by atoms with Crippen LogP contribution in [-0.2, 0) is 0 Å². The summed E-state index contributed by atoms with van der Waals surface area (Å²) in [5, 5.41) is 9.37. The standard InChI is InChI=1S/C9H11BrN2O/c10-9-8(2-1-4-11-9)12-5-3-7(13)6-12/h1-2,4,7,13H,3,5-6H2. The number of nitrogens with zero attached hydrogens (tertiary/aromatic N) is 2. The first-order chi connectivity index (χ1) is 6.27. The van der Waals surface area contributed by atoms with Crippen molar-refractivity contribution >= 4 is 21.6 Å². The molecule has 0 spiro atoms. The molecule has 1 aliphatic heterocycles. The number of anilines is 1. The lowest BCUT2D eigenvalue weighted by Crippen LogP contribution is -2.21. The Morgan fingerprint density at radius 3 is 3.08 bits per heavy atom.